The molecule has 1 aliphatic rings. The van der Waals surface area contributed by atoms with Gasteiger partial charge in [-0.1, -0.05) is 18.2 Å². The van der Waals surface area contributed by atoms with E-state index in [9.17, 15) is 14.4 Å². The maximum Gasteiger partial charge on any atom is 0.278 e. The lowest BCUT2D eigenvalue weighted by Gasteiger charge is -2.35. The molecule has 0 radical (unpaired) electrons. The molecule has 0 unspecified atom stereocenters. The van der Waals surface area contributed by atoms with Gasteiger partial charge in [-0.15, -0.1) is 0 Å². The Hall–Kier alpha value is -3.00. The van der Waals surface area contributed by atoms with Crippen molar-refractivity contribution in [3.8, 4) is 5.69 Å². The number of carbonyl (C=O) groups excluding carboxylic acids is 2. The summed E-state index contributed by atoms with van der Waals surface area (Å²) >= 11 is 5.27. The molecule has 0 spiro atoms. The van der Waals surface area contributed by atoms with Crippen LogP contribution in [0.25, 0.3) is 11.8 Å². The highest BCUT2D eigenvalue weighted by atomic mass is 32.1. The van der Waals surface area contributed by atoms with Crippen molar-refractivity contribution in [1.82, 2.24) is 19.2 Å². The Kier molecular flexibility index (Phi) is 5.33. The van der Waals surface area contributed by atoms with Crippen LogP contribution in [0.5, 0.6) is 0 Å². The van der Waals surface area contributed by atoms with Crippen LogP contribution < -0.4 is 5.56 Å². The molecule has 146 valence electrons. The monoisotopic (exact) mass is 398 g/mol. The normalized spacial score (nSPS) is 14.9. The summed E-state index contributed by atoms with van der Waals surface area (Å²) < 4.78 is 3.22. The standard InChI is InChI=1S/C20H22N4O3S/c1-5-22-17(25)16(18(26)23(6-2)20(22)28)12-15-13(3)21(4)24(19(15)27)14-10-8-7-9-11-14/h7-12H,5-6H2,1-4H3. The molecule has 2 heterocycles. The fourth-order valence-electron chi connectivity index (χ4n) is 3.28. The van der Waals surface area contributed by atoms with Crippen LogP contribution in [0.2, 0.25) is 0 Å². The molecule has 3 rings (SSSR count). The first-order chi connectivity index (χ1) is 13.3. The second-order valence-corrected chi connectivity index (χ2v) is 6.78. The molecule has 1 fully saturated rings. The minimum absolute atomic E-state index is 0.0525. The van der Waals surface area contributed by atoms with E-state index in [1.165, 1.54) is 20.6 Å². The number of benzene rings is 1. The van der Waals surface area contributed by atoms with Crippen LogP contribution in [-0.2, 0) is 16.6 Å². The first-order valence-corrected chi connectivity index (χ1v) is 9.47. The Morgan fingerprint density at radius 2 is 1.50 bits per heavy atom. The van der Waals surface area contributed by atoms with E-state index >= 15 is 0 Å². The Balaban J connectivity index is 2.18. The fraction of sp³-hybridized carbons (Fsp3) is 0.300. The number of para-hydroxylation sites is 1. The van der Waals surface area contributed by atoms with E-state index in [4.69, 9.17) is 12.2 Å². The summed E-state index contributed by atoms with van der Waals surface area (Å²) in [4.78, 5) is 41.5. The van der Waals surface area contributed by atoms with Crippen molar-refractivity contribution in [1.29, 1.82) is 0 Å². The zero-order chi connectivity index (χ0) is 20.6. The van der Waals surface area contributed by atoms with Gasteiger partial charge in [-0.2, -0.15) is 0 Å². The van der Waals surface area contributed by atoms with Crippen LogP contribution in [0.15, 0.2) is 40.7 Å². The number of likely N-dealkylation sites (N-methyl/N-ethyl adjacent to an activating group) is 2. The lowest BCUT2D eigenvalue weighted by atomic mass is 10.1. The molecule has 28 heavy (non-hydrogen) atoms. The summed E-state index contributed by atoms with van der Waals surface area (Å²) in [5, 5.41) is 0.198. The summed E-state index contributed by atoms with van der Waals surface area (Å²) in [5.41, 5.74) is 1.32. The van der Waals surface area contributed by atoms with Crippen molar-refractivity contribution in [3.05, 3.63) is 57.5 Å². The predicted molar refractivity (Wildman–Crippen MR) is 111 cm³/mol. The first kappa shape index (κ1) is 19.8. The number of rotatable bonds is 4. The molecule has 1 aliphatic heterocycles. The number of nitrogens with zero attached hydrogens (tertiary/aromatic N) is 4. The Bertz CT molecular complexity index is 1020. The van der Waals surface area contributed by atoms with Gasteiger partial charge in [-0.25, -0.2) is 4.68 Å². The van der Waals surface area contributed by atoms with Crippen LogP contribution >= 0.6 is 12.2 Å². The molecule has 1 aromatic heterocycles. The van der Waals surface area contributed by atoms with Gasteiger partial charge in [0.05, 0.1) is 11.3 Å². The van der Waals surface area contributed by atoms with Crippen LogP contribution in [0.3, 0.4) is 0 Å². The fourth-order valence-corrected chi connectivity index (χ4v) is 3.71. The third kappa shape index (κ3) is 2.99. The molecule has 0 atom stereocenters. The molecule has 1 saturated heterocycles. The smallest absolute Gasteiger partial charge is 0.278 e. The molecule has 7 nitrogen and oxygen atoms in total. The molecule has 2 amide bonds. The highest BCUT2D eigenvalue weighted by Gasteiger charge is 2.38. The van der Waals surface area contributed by atoms with E-state index in [2.05, 4.69) is 0 Å². The minimum atomic E-state index is -0.476. The van der Waals surface area contributed by atoms with Crippen molar-refractivity contribution in [2.45, 2.75) is 20.8 Å². The maximum absolute atomic E-state index is 13.1. The largest absolute Gasteiger partial charge is 0.285 e. The highest BCUT2D eigenvalue weighted by Crippen LogP contribution is 2.21. The molecule has 0 bridgehead atoms. The molecule has 2 aromatic rings. The number of amides is 2. The number of aromatic nitrogens is 2. The zero-order valence-electron chi connectivity index (χ0n) is 16.3. The molecule has 0 saturated carbocycles. The van der Waals surface area contributed by atoms with E-state index in [0.717, 1.165) is 0 Å². The summed E-state index contributed by atoms with van der Waals surface area (Å²) in [6.45, 7) is 6.07. The summed E-state index contributed by atoms with van der Waals surface area (Å²) in [5.74, 6) is -0.952. The molecular weight excluding hydrogens is 376 g/mol. The minimum Gasteiger partial charge on any atom is -0.285 e. The zero-order valence-corrected chi connectivity index (χ0v) is 17.1. The molecule has 8 heteroatoms. The van der Waals surface area contributed by atoms with Crippen LogP contribution in [0.4, 0.5) is 0 Å². The average molecular weight is 398 g/mol. The summed E-state index contributed by atoms with van der Waals surface area (Å²) in [7, 11) is 1.77. The van der Waals surface area contributed by atoms with E-state index in [1.54, 1.807) is 32.5 Å². The Morgan fingerprint density at radius 1 is 0.964 bits per heavy atom. The maximum atomic E-state index is 13.1. The summed E-state index contributed by atoms with van der Waals surface area (Å²) in [6, 6.07) is 9.20. The molecule has 0 N–H and O–H groups in total. The topological polar surface area (TPSA) is 67.5 Å². The van der Waals surface area contributed by atoms with E-state index in [0.29, 0.717) is 30.0 Å². The summed E-state index contributed by atoms with van der Waals surface area (Å²) in [6.07, 6.45) is 1.40. The van der Waals surface area contributed by atoms with Gasteiger partial charge in [-0.3, -0.25) is 28.9 Å². The van der Waals surface area contributed by atoms with Crippen LogP contribution in [-0.4, -0.2) is 49.2 Å². The number of carbonyl (C=O) groups is 2. The Labute approximate surface area is 168 Å². The van der Waals surface area contributed by atoms with E-state index < -0.39 is 11.8 Å². The van der Waals surface area contributed by atoms with Crippen LogP contribution in [0.1, 0.15) is 25.1 Å². The van der Waals surface area contributed by atoms with Crippen molar-refractivity contribution in [2.24, 2.45) is 7.05 Å². The van der Waals surface area contributed by atoms with Gasteiger partial charge in [0.15, 0.2) is 5.11 Å². The van der Waals surface area contributed by atoms with Gasteiger partial charge in [0.1, 0.15) is 5.57 Å². The van der Waals surface area contributed by atoms with Gasteiger partial charge < -0.3 is 0 Å². The first-order valence-electron chi connectivity index (χ1n) is 9.06. The highest BCUT2D eigenvalue weighted by molar-refractivity contribution is 7.80. The van der Waals surface area contributed by atoms with Crippen molar-refractivity contribution in [2.75, 3.05) is 13.1 Å². The van der Waals surface area contributed by atoms with Gasteiger partial charge in [0.2, 0.25) is 0 Å². The predicted octanol–water partition coefficient (Wildman–Crippen LogP) is 1.86. The van der Waals surface area contributed by atoms with Crippen molar-refractivity contribution < 1.29 is 9.59 Å². The molecule has 0 aliphatic carbocycles. The SMILES string of the molecule is CCN1C(=O)C(=Cc2c(C)n(C)n(-c3ccccc3)c2=O)C(=O)N(CC)C1=S. The third-order valence-corrected chi connectivity index (χ3v) is 5.37. The second kappa shape index (κ2) is 7.55. The van der Waals surface area contributed by atoms with E-state index in [-0.39, 0.29) is 16.2 Å². The number of hydrogen-bond acceptors (Lipinski definition) is 4. The molecular formula is C20H22N4O3S. The van der Waals surface area contributed by atoms with Gasteiger partial charge >= 0.3 is 0 Å². The van der Waals surface area contributed by atoms with Gasteiger partial charge in [0, 0.05) is 25.8 Å². The third-order valence-electron chi connectivity index (χ3n) is 4.93. The van der Waals surface area contributed by atoms with Gasteiger partial charge in [-0.05, 0) is 51.2 Å². The Morgan fingerprint density at radius 3 is 2.00 bits per heavy atom. The lowest BCUT2D eigenvalue weighted by molar-refractivity contribution is -0.133. The molecule has 1 aromatic carbocycles. The lowest BCUT2D eigenvalue weighted by Crippen LogP contribution is -2.55. The number of thiocarbonyl (C=S) groups is 1. The van der Waals surface area contributed by atoms with Crippen molar-refractivity contribution in [3.63, 3.8) is 0 Å². The van der Waals surface area contributed by atoms with Crippen LogP contribution in [0, 0.1) is 6.92 Å². The quantitative estimate of drug-likeness (QED) is 0.448. The van der Waals surface area contributed by atoms with Gasteiger partial charge in [0.25, 0.3) is 17.4 Å². The second-order valence-electron chi connectivity index (χ2n) is 6.41. The average Bonchev–Trinajstić information content (AvgIpc) is 2.89. The number of hydrogen-bond donors (Lipinski definition) is 0. The van der Waals surface area contributed by atoms with E-state index in [1.807, 2.05) is 30.3 Å². The van der Waals surface area contributed by atoms with Crippen molar-refractivity contribution >= 4 is 35.2 Å².